The molecule has 4 aliphatic rings. The van der Waals surface area contributed by atoms with Crippen molar-refractivity contribution in [2.45, 2.75) is 64.4 Å². The van der Waals surface area contributed by atoms with Crippen LogP contribution in [0.25, 0.3) is 0 Å². The van der Waals surface area contributed by atoms with Crippen molar-refractivity contribution < 1.29 is 14.7 Å². The van der Waals surface area contributed by atoms with Crippen molar-refractivity contribution in [2.75, 3.05) is 5.33 Å². The molecule has 0 aromatic heterocycles. The number of carbonyl (C=O) groups is 2. The van der Waals surface area contributed by atoms with Crippen LogP contribution < -0.4 is 0 Å². The van der Waals surface area contributed by atoms with Crippen LogP contribution in [0.15, 0.2) is 11.6 Å². The molecule has 1 N–H and O–H groups in total. The molecule has 0 radical (unpaired) electrons. The summed E-state index contributed by atoms with van der Waals surface area (Å²) < 4.78 is 0. The van der Waals surface area contributed by atoms with Gasteiger partial charge in [0.2, 0.25) is 0 Å². The van der Waals surface area contributed by atoms with Crippen LogP contribution >= 0.6 is 15.9 Å². The normalized spacial score (nSPS) is 46.0. The zero-order valence-corrected chi connectivity index (χ0v) is 16.0. The van der Waals surface area contributed by atoms with E-state index in [1.165, 1.54) is 5.57 Å². The van der Waals surface area contributed by atoms with Gasteiger partial charge in [0, 0.05) is 29.0 Å². The van der Waals surface area contributed by atoms with E-state index in [9.17, 15) is 14.7 Å². The van der Waals surface area contributed by atoms with E-state index in [1.807, 2.05) is 6.08 Å². The predicted octanol–water partition coefficient (Wildman–Crippen LogP) is 3.82. The Morgan fingerprint density at radius 1 is 1.17 bits per heavy atom. The molecule has 4 rings (SSSR count). The Morgan fingerprint density at radius 2 is 1.96 bits per heavy atom. The van der Waals surface area contributed by atoms with E-state index in [0.29, 0.717) is 35.3 Å². The Hall–Kier alpha value is -0.480. The number of ketones is 2. The maximum Gasteiger partial charge on any atom is 0.155 e. The number of rotatable bonds is 2. The van der Waals surface area contributed by atoms with Gasteiger partial charge < -0.3 is 5.11 Å². The summed E-state index contributed by atoms with van der Waals surface area (Å²) in [6.45, 7) is 2.19. The summed E-state index contributed by atoms with van der Waals surface area (Å²) in [5, 5.41) is 11.5. The Bertz CT molecular complexity index is 612. The topological polar surface area (TPSA) is 54.4 Å². The van der Waals surface area contributed by atoms with Gasteiger partial charge in [-0.05, 0) is 62.4 Å². The quantitative estimate of drug-likeness (QED) is 0.724. The average Bonchev–Trinajstić information content (AvgIpc) is 2.89. The second kappa shape index (κ2) is 5.77. The van der Waals surface area contributed by atoms with Crippen molar-refractivity contribution in [3.05, 3.63) is 11.6 Å². The molecule has 3 fully saturated rings. The fraction of sp³-hybridized carbons (Fsp3) is 0.800. The van der Waals surface area contributed by atoms with Crippen molar-refractivity contribution >= 4 is 27.5 Å². The van der Waals surface area contributed by atoms with Gasteiger partial charge in [0.15, 0.2) is 5.78 Å². The summed E-state index contributed by atoms with van der Waals surface area (Å²) in [6.07, 6.45) is 8.46. The largest absolute Gasteiger partial charge is 0.391 e. The number of carbonyl (C=O) groups excluding carboxylic acids is 2. The van der Waals surface area contributed by atoms with Crippen molar-refractivity contribution in [1.82, 2.24) is 0 Å². The molecule has 6 atom stereocenters. The first-order chi connectivity index (χ1) is 11.4. The van der Waals surface area contributed by atoms with Crippen molar-refractivity contribution in [1.29, 1.82) is 0 Å². The summed E-state index contributed by atoms with van der Waals surface area (Å²) in [7, 11) is 0. The van der Waals surface area contributed by atoms with Gasteiger partial charge >= 0.3 is 0 Å². The molecule has 1 unspecified atom stereocenters. The van der Waals surface area contributed by atoms with Crippen molar-refractivity contribution in [3.8, 4) is 0 Å². The van der Waals surface area contributed by atoms with Crippen molar-refractivity contribution in [3.63, 3.8) is 0 Å². The molecule has 0 aromatic carbocycles. The first-order valence-corrected chi connectivity index (χ1v) is 10.6. The number of hydrogen-bond acceptors (Lipinski definition) is 3. The standard InChI is InChI=1S/C20H27BrO3/c1-19-8-7-16-14(15(19)4-5-17(19)23)3-2-12-10-13(22)6-9-20(12,16)18(24)11-21/h10,14-16,18,24H,2-9,11H2,1H3/t14-,15-,16-,18?,19-,20+/m0/s1. The third kappa shape index (κ3) is 2.11. The predicted molar refractivity (Wildman–Crippen MR) is 95.8 cm³/mol. The van der Waals surface area contributed by atoms with Crippen LogP contribution in [0.4, 0.5) is 0 Å². The fourth-order valence-corrected chi connectivity index (χ4v) is 7.39. The molecule has 0 bridgehead atoms. The molecule has 0 heterocycles. The second-order valence-electron chi connectivity index (χ2n) is 8.68. The van der Waals surface area contributed by atoms with Gasteiger partial charge in [-0.2, -0.15) is 0 Å². The lowest BCUT2D eigenvalue weighted by molar-refractivity contribution is -0.136. The number of halogens is 1. The molecule has 0 amide bonds. The summed E-state index contributed by atoms with van der Waals surface area (Å²) in [5.41, 5.74) is 0.820. The minimum absolute atomic E-state index is 0.132. The summed E-state index contributed by atoms with van der Waals surface area (Å²) in [5.74, 6) is 2.09. The number of Topliss-reactive ketones (excluding diaryl/α,β-unsaturated/α-hetero) is 1. The fourth-order valence-electron chi connectivity index (χ4n) is 6.81. The molecule has 3 saturated carbocycles. The van der Waals surface area contributed by atoms with Gasteiger partial charge in [-0.15, -0.1) is 0 Å². The molecule has 132 valence electrons. The third-order valence-corrected chi connectivity index (χ3v) is 8.63. The zero-order valence-electron chi connectivity index (χ0n) is 14.4. The van der Waals surface area contributed by atoms with Crippen LogP contribution in [-0.2, 0) is 9.59 Å². The Balaban J connectivity index is 1.76. The smallest absolute Gasteiger partial charge is 0.155 e. The van der Waals surface area contributed by atoms with E-state index >= 15 is 0 Å². The first-order valence-electron chi connectivity index (χ1n) is 9.44. The van der Waals surface area contributed by atoms with Gasteiger partial charge in [-0.3, -0.25) is 9.59 Å². The molecule has 0 spiro atoms. The van der Waals surface area contributed by atoms with E-state index in [4.69, 9.17) is 0 Å². The third-order valence-electron chi connectivity index (χ3n) is 8.01. The number of aliphatic hydroxyl groups is 1. The lowest BCUT2D eigenvalue weighted by Crippen LogP contribution is -2.56. The molecule has 0 aliphatic heterocycles. The minimum Gasteiger partial charge on any atom is -0.391 e. The van der Waals surface area contributed by atoms with Crippen LogP contribution in [0.2, 0.25) is 0 Å². The van der Waals surface area contributed by atoms with E-state index < -0.39 is 6.10 Å². The van der Waals surface area contributed by atoms with Crippen molar-refractivity contribution in [2.24, 2.45) is 28.6 Å². The van der Waals surface area contributed by atoms with Gasteiger partial charge in [-0.25, -0.2) is 0 Å². The molecule has 0 aromatic rings. The summed E-state index contributed by atoms with van der Waals surface area (Å²) >= 11 is 3.50. The van der Waals surface area contributed by atoms with E-state index in [-0.39, 0.29) is 16.6 Å². The number of aliphatic hydroxyl groups excluding tert-OH is 1. The number of hydrogen-bond donors (Lipinski definition) is 1. The number of alkyl halides is 1. The Morgan fingerprint density at radius 3 is 2.71 bits per heavy atom. The van der Waals surface area contributed by atoms with Gasteiger partial charge in [0.25, 0.3) is 0 Å². The highest BCUT2D eigenvalue weighted by Crippen LogP contribution is 2.65. The molecule has 0 saturated heterocycles. The van der Waals surface area contributed by atoms with Crippen LogP contribution in [0, 0.1) is 28.6 Å². The van der Waals surface area contributed by atoms with Crippen LogP contribution in [-0.4, -0.2) is 28.1 Å². The SMILES string of the molecule is C[C@]12CC[C@H]3[C@@H](CCC4=CC(=O)CC[C@@]43C(O)CBr)[C@@H]1CCC2=O. The van der Waals surface area contributed by atoms with Gasteiger partial charge in [0.1, 0.15) is 5.78 Å². The lowest BCUT2D eigenvalue weighted by atomic mass is 9.46. The molecule has 4 heteroatoms. The number of fused-ring (bicyclic) bond motifs is 5. The maximum atomic E-state index is 12.5. The van der Waals surface area contributed by atoms with Crippen LogP contribution in [0.1, 0.15) is 58.3 Å². The molecular weight excluding hydrogens is 368 g/mol. The molecule has 3 nitrogen and oxygen atoms in total. The lowest BCUT2D eigenvalue weighted by Gasteiger charge is -2.59. The second-order valence-corrected chi connectivity index (χ2v) is 9.33. The van der Waals surface area contributed by atoms with E-state index in [2.05, 4.69) is 22.9 Å². The van der Waals surface area contributed by atoms with Gasteiger partial charge in [0.05, 0.1) is 6.10 Å². The molecule has 4 aliphatic carbocycles. The maximum absolute atomic E-state index is 12.5. The highest BCUT2D eigenvalue weighted by Gasteiger charge is 2.61. The molecule has 24 heavy (non-hydrogen) atoms. The Kier molecular flexibility index (Phi) is 4.08. The van der Waals surface area contributed by atoms with E-state index in [1.54, 1.807) is 0 Å². The minimum atomic E-state index is -0.439. The Labute approximate surface area is 152 Å². The highest BCUT2D eigenvalue weighted by atomic mass is 79.9. The van der Waals surface area contributed by atoms with Crippen LogP contribution in [0.3, 0.4) is 0 Å². The molecular formula is C20H27BrO3. The summed E-state index contributed by atoms with van der Waals surface area (Å²) in [6, 6.07) is 0. The van der Waals surface area contributed by atoms with Crippen LogP contribution in [0.5, 0.6) is 0 Å². The first kappa shape index (κ1) is 17.0. The monoisotopic (exact) mass is 394 g/mol. The summed E-state index contributed by atoms with van der Waals surface area (Å²) in [4.78, 5) is 24.5. The average molecular weight is 395 g/mol. The van der Waals surface area contributed by atoms with Gasteiger partial charge in [-0.1, -0.05) is 28.4 Å². The zero-order chi connectivity index (χ0) is 17.1. The van der Waals surface area contributed by atoms with E-state index in [0.717, 1.165) is 44.9 Å². The highest BCUT2D eigenvalue weighted by molar-refractivity contribution is 9.09.